The van der Waals surface area contributed by atoms with Gasteiger partial charge < -0.3 is 9.80 Å². The summed E-state index contributed by atoms with van der Waals surface area (Å²) >= 11 is 0. The molecule has 2 nitrogen and oxygen atoms in total. The molecule has 12 heavy (non-hydrogen) atoms. The fraction of sp³-hybridized carbons (Fsp3) is 0.800. The minimum Gasteiger partial charge on any atom is -0.359 e. The Hall–Kier alpha value is -0.660. The molecule has 1 heterocycles. The standard InChI is InChI=1S/C10H18N2/c1-3-12-8-11(2)9-6-4-5-7-10(9)12/h3-8H2,1-2H3. The van der Waals surface area contributed by atoms with Crippen LogP contribution in [-0.2, 0) is 0 Å². The van der Waals surface area contributed by atoms with Gasteiger partial charge in [-0.15, -0.1) is 0 Å². The van der Waals surface area contributed by atoms with Crippen LogP contribution in [0.5, 0.6) is 0 Å². The van der Waals surface area contributed by atoms with Crippen LogP contribution in [0.2, 0.25) is 0 Å². The summed E-state index contributed by atoms with van der Waals surface area (Å²) in [5.74, 6) is 0. The molecule has 0 atom stereocenters. The Kier molecular flexibility index (Phi) is 1.99. The molecule has 68 valence electrons. The van der Waals surface area contributed by atoms with Crippen LogP contribution in [0.15, 0.2) is 11.4 Å². The van der Waals surface area contributed by atoms with Crippen molar-refractivity contribution in [2.45, 2.75) is 32.6 Å². The van der Waals surface area contributed by atoms with E-state index in [1.54, 1.807) is 11.4 Å². The molecule has 0 amide bonds. The zero-order valence-corrected chi connectivity index (χ0v) is 8.14. The van der Waals surface area contributed by atoms with Crippen LogP contribution in [0.3, 0.4) is 0 Å². The lowest BCUT2D eigenvalue weighted by molar-refractivity contribution is 0.284. The smallest absolute Gasteiger partial charge is 0.0895 e. The summed E-state index contributed by atoms with van der Waals surface area (Å²) in [6.45, 7) is 4.54. The number of nitrogens with zero attached hydrogens (tertiary/aromatic N) is 2. The highest BCUT2D eigenvalue weighted by atomic mass is 15.4. The average Bonchev–Trinajstić information content (AvgIpc) is 2.44. The van der Waals surface area contributed by atoms with E-state index in [4.69, 9.17) is 0 Å². The molecule has 2 heteroatoms. The summed E-state index contributed by atoms with van der Waals surface area (Å²) in [7, 11) is 2.22. The van der Waals surface area contributed by atoms with E-state index in [-0.39, 0.29) is 0 Å². The second kappa shape index (κ2) is 3.00. The third-order valence-corrected chi connectivity index (χ3v) is 3.02. The quantitative estimate of drug-likeness (QED) is 0.588. The van der Waals surface area contributed by atoms with E-state index in [1.165, 1.54) is 32.2 Å². The van der Waals surface area contributed by atoms with Crippen molar-refractivity contribution < 1.29 is 0 Å². The predicted molar refractivity (Wildman–Crippen MR) is 50.5 cm³/mol. The fourth-order valence-corrected chi connectivity index (χ4v) is 2.34. The van der Waals surface area contributed by atoms with Crippen molar-refractivity contribution in [3.05, 3.63) is 11.4 Å². The lowest BCUT2D eigenvalue weighted by atomic mass is 10.0. The Morgan fingerprint density at radius 1 is 1.17 bits per heavy atom. The maximum atomic E-state index is 2.51. The molecule has 0 fully saturated rings. The van der Waals surface area contributed by atoms with Crippen molar-refractivity contribution in [3.8, 4) is 0 Å². The molecule has 2 rings (SSSR count). The van der Waals surface area contributed by atoms with Crippen LogP contribution < -0.4 is 0 Å². The molecule has 0 bridgehead atoms. The first-order chi connectivity index (χ1) is 5.83. The van der Waals surface area contributed by atoms with E-state index in [9.17, 15) is 0 Å². The van der Waals surface area contributed by atoms with Gasteiger partial charge in [0, 0.05) is 25.0 Å². The van der Waals surface area contributed by atoms with Crippen molar-refractivity contribution >= 4 is 0 Å². The van der Waals surface area contributed by atoms with Crippen LogP contribution in [0.1, 0.15) is 32.6 Å². The van der Waals surface area contributed by atoms with E-state index >= 15 is 0 Å². The molecule has 0 aromatic heterocycles. The average molecular weight is 166 g/mol. The molecule has 0 N–H and O–H groups in total. The highest BCUT2D eigenvalue weighted by Gasteiger charge is 2.26. The van der Waals surface area contributed by atoms with Gasteiger partial charge in [-0.25, -0.2) is 0 Å². The summed E-state index contributed by atoms with van der Waals surface area (Å²) in [6.07, 6.45) is 5.40. The van der Waals surface area contributed by atoms with Gasteiger partial charge in [0.05, 0.1) is 6.67 Å². The molecule has 0 unspecified atom stereocenters. The minimum absolute atomic E-state index is 1.13. The fourth-order valence-electron chi connectivity index (χ4n) is 2.34. The lowest BCUT2D eigenvalue weighted by Crippen LogP contribution is -2.24. The first-order valence-corrected chi connectivity index (χ1v) is 5.01. The highest BCUT2D eigenvalue weighted by Crippen LogP contribution is 2.33. The topological polar surface area (TPSA) is 6.48 Å². The number of rotatable bonds is 1. The van der Waals surface area contributed by atoms with Gasteiger partial charge in [-0.05, 0) is 32.6 Å². The van der Waals surface area contributed by atoms with Gasteiger partial charge in [0.25, 0.3) is 0 Å². The Morgan fingerprint density at radius 3 is 2.50 bits per heavy atom. The molecule has 0 aromatic carbocycles. The Bertz CT molecular complexity index is 208. The van der Waals surface area contributed by atoms with Gasteiger partial charge >= 0.3 is 0 Å². The minimum atomic E-state index is 1.13. The van der Waals surface area contributed by atoms with Crippen molar-refractivity contribution in [3.63, 3.8) is 0 Å². The summed E-state index contributed by atoms with van der Waals surface area (Å²) in [5, 5.41) is 0. The molecular formula is C10H18N2. The van der Waals surface area contributed by atoms with E-state index < -0.39 is 0 Å². The largest absolute Gasteiger partial charge is 0.359 e. The normalized spacial score (nSPS) is 23.5. The summed E-state index contributed by atoms with van der Waals surface area (Å²) in [5.41, 5.74) is 3.24. The van der Waals surface area contributed by atoms with Crippen molar-refractivity contribution in [2.75, 3.05) is 20.3 Å². The lowest BCUT2D eigenvalue weighted by Gasteiger charge is -2.20. The van der Waals surface area contributed by atoms with E-state index in [1.807, 2.05) is 0 Å². The SMILES string of the molecule is CCN1CN(C)C2=C1CCCC2. The van der Waals surface area contributed by atoms with E-state index in [0.29, 0.717) is 0 Å². The number of hydrogen-bond donors (Lipinski definition) is 0. The second-order valence-electron chi connectivity index (χ2n) is 3.80. The highest BCUT2D eigenvalue weighted by molar-refractivity contribution is 5.19. The van der Waals surface area contributed by atoms with Crippen molar-refractivity contribution in [2.24, 2.45) is 0 Å². The van der Waals surface area contributed by atoms with Gasteiger partial charge in [0.1, 0.15) is 0 Å². The summed E-state index contributed by atoms with van der Waals surface area (Å²) in [4.78, 5) is 4.92. The van der Waals surface area contributed by atoms with Gasteiger partial charge in [0.15, 0.2) is 0 Å². The van der Waals surface area contributed by atoms with Crippen LogP contribution in [0.25, 0.3) is 0 Å². The van der Waals surface area contributed by atoms with Crippen LogP contribution in [0.4, 0.5) is 0 Å². The summed E-state index contributed by atoms with van der Waals surface area (Å²) in [6, 6.07) is 0. The zero-order chi connectivity index (χ0) is 8.55. The van der Waals surface area contributed by atoms with Gasteiger partial charge in [0.2, 0.25) is 0 Å². The maximum absolute atomic E-state index is 2.51. The Balaban J connectivity index is 2.21. The first-order valence-electron chi connectivity index (χ1n) is 5.01. The zero-order valence-electron chi connectivity index (χ0n) is 8.14. The molecule has 0 radical (unpaired) electrons. The van der Waals surface area contributed by atoms with Crippen molar-refractivity contribution in [1.82, 2.24) is 9.80 Å². The Morgan fingerprint density at radius 2 is 1.83 bits per heavy atom. The molecule has 1 aliphatic carbocycles. The molecule has 0 spiro atoms. The van der Waals surface area contributed by atoms with Gasteiger partial charge in [-0.3, -0.25) is 0 Å². The van der Waals surface area contributed by atoms with Crippen LogP contribution in [0, 0.1) is 0 Å². The number of hydrogen-bond acceptors (Lipinski definition) is 2. The van der Waals surface area contributed by atoms with Gasteiger partial charge in [-0.2, -0.15) is 0 Å². The molecule has 2 aliphatic rings. The third-order valence-electron chi connectivity index (χ3n) is 3.02. The van der Waals surface area contributed by atoms with E-state index in [0.717, 1.165) is 6.67 Å². The van der Waals surface area contributed by atoms with Crippen molar-refractivity contribution in [1.29, 1.82) is 0 Å². The number of allylic oxidation sites excluding steroid dienone is 2. The molecule has 0 aromatic rings. The second-order valence-corrected chi connectivity index (χ2v) is 3.80. The molecule has 0 saturated carbocycles. The van der Waals surface area contributed by atoms with Gasteiger partial charge in [-0.1, -0.05) is 0 Å². The molecule has 1 aliphatic heterocycles. The van der Waals surface area contributed by atoms with Crippen LogP contribution in [-0.4, -0.2) is 30.1 Å². The Labute approximate surface area is 74.8 Å². The summed E-state index contributed by atoms with van der Waals surface area (Å²) < 4.78 is 0. The molecule has 0 saturated heterocycles. The van der Waals surface area contributed by atoms with E-state index in [2.05, 4.69) is 23.8 Å². The first kappa shape index (κ1) is 7.96. The molecular weight excluding hydrogens is 148 g/mol. The monoisotopic (exact) mass is 166 g/mol. The maximum Gasteiger partial charge on any atom is 0.0895 e. The predicted octanol–water partition coefficient (Wildman–Crippen LogP) is 2.00. The third kappa shape index (κ3) is 1.10. The van der Waals surface area contributed by atoms with Crippen LogP contribution >= 0.6 is 0 Å².